The smallest absolute Gasteiger partial charge is 0.0433 e. The molecule has 66 valence electrons. The molecule has 0 fully saturated rings. The number of rotatable bonds is 5. The maximum absolute atomic E-state index is 8.64. The van der Waals surface area contributed by atoms with Gasteiger partial charge in [-0.3, -0.25) is 0 Å². The van der Waals surface area contributed by atoms with E-state index >= 15 is 0 Å². The average Bonchev–Trinajstić information content (AvgIpc) is 2.01. The zero-order valence-electron chi connectivity index (χ0n) is 7.93. The molecule has 0 heterocycles. The Morgan fingerprint density at radius 1 is 1.45 bits per heavy atom. The Balaban J connectivity index is 3.37. The molecule has 0 spiro atoms. The van der Waals surface area contributed by atoms with E-state index in [-0.39, 0.29) is 0 Å². The minimum atomic E-state index is 0.329. The molecule has 1 atom stereocenters. The Labute approximate surface area is 70.1 Å². The number of hydrogen-bond acceptors (Lipinski definition) is 1. The van der Waals surface area contributed by atoms with E-state index in [9.17, 15) is 0 Å². The lowest BCUT2D eigenvalue weighted by molar-refractivity contribution is 0.258. The standard InChI is InChI=1S/C10H20O/c1-4-9(2)5-6-10(3)7-8-11/h4,10-11H,5-8H2,1-3H3. The van der Waals surface area contributed by atoms with Gasteiger partial charge in [0.1, 0.15) is 0 Å². The molecule has 1 nitrogen and oxygen atoms in total. The van der Waals surface area contributed by atoms with Crippen molar-refractivity contribution in [2.24, 2.45) is 5.92 Å². The highest BCUT2D eigenvalue weighted by Crippen LogP contribution is 2.13. The molecule has 0 rings (SSSR count). The maximum Gasteiger partial charge on any atom is 0.0433 e. The van der Waals surface area contributed by atoms with Crippen molar-refractivity contribution in [3.8, 4) is 0 Å². The van der Waals surface area contributed by atoms with E-state index in [1.165, 1.54) is 18.4 Å². The predicted octanol–water partition coefficient (Wildman–Crippen LogP) is 2.75. The van der Waals surface area contributed by atoms with Crippen LogP contribution in [0.3, 0.4) is 0 Å². The fraction of sp³-hybridized carbons (Fsp3) is 0.800. The van der Waals surface area contributed by atoms with Crippen LogP contribution in [0.1, 0.15) is 40.0 Å². The lowest BCUT2D eigenvalue weighted by Crippen LogP contribution is -1.97. The molecule has 0 aliphatic heterocycles. The quantitative estimate of drug-likeness (QED) is 0.607. The highest BCUT2D eigenvalue weighted by Gasteiger charge is 2.00. The first-order chi connectivity index (χ1) is 5.20. The number of aliphatic hydroxyl groups is 1. The van der Waals surface area contributed by atoms with Gasteiger partial charge in [-0.25, -0.2) is 0 Å². The van der Waals surface area contributed by atoms with Gasteiger partial charge in [-0.15, -0.1) is 0 Å². The van der Waals surface area contributed by atoms with Crippen LogP contribution in [0.25, 0.3) is 0 Å². The minimum Gasteiger partial charge on any atom is -0.396 e. The van der Waals surface area contributed by atoms with Gasteiger partial charge in [0.05, 0.1) is 0 Å². The molecule has 0 bridgehead atoms. The molecular weight excluding hydrogens is 136 g/mol. The summed E-state index contributed by atoms with van der Waals surface area (Å²) in [5, 5.41) is 8.64. The van der Waals surface area contributed by atoms with Crippen molar-refractivity contribution in [3.63, 3.8) is 0 Å². The van der Waals surface area contributed by atoms with Crippen LogP contribution in [-0.4, -0.2) is 11.7 Å². The Morgan fingerprint density at radius 2 is 2.09 bits per heavy atom. The van der Waals surface area contributed by atoms with Gasteiger partial charge in [0.2, 0.25) is 0 Å². The van der Waals surface area contributed by atoms with Crippen LogP contribution in [0.2, 0.25) is 0 Å². The second-order valence-corrected chi connectivity index (χ2v) is 3.29. The van der Waals surface area contributed by atoms with E-state index in [2.05, 4.69) is 26.8 Å². The molecule has 0 aliphatic carbocycles. The Morgan fingerprint density at radius 3 is 2.55 bits per heavy atom. The summed E-state index contributed by atoms with van der Waals surface area (Å²) in [5.41, 5.74) is 1.45. The molecule has 0 amide bonds. The SMILES string of the molecule is CC=C(C)CCC(C)CCO. The van der Waals surface area contributed by atoms with Crippen LogP contribution in [0.15, 0.2) is 11.6 Å². The second kappa shape index (κ2) is 6.41. The summed E-state index contributed by atoms with van der Waals surface area (Å²) in [5.74, 6) is 0.662. The van der Waals surface area contributed by atoms with Crippen LogP contribution >= 0.6 is 0 Å². The van der Waals surface area contributed by atoms with Gasteiger partial charge in [0, 0.05) is 6.61 Å². The molecule has 1 unspecified atom stereocenters. The summed E-state index contributed by atoms with van der Waals surface area (Å²) in [6.45, 7) is 6.76. The zero-order valence-corrected chi connectivity index (χ0v) is 7.93. The molecule has 0 aromatic carbocycles. The van der Waals surface area contributed by atoms with Crippen molar-refractivity contribution in [2.45, 2.75) is 40.0 Å². The lowest BCUT2D eigenvalue weighted by atomic mass is 9.99. The largest absolute Gasteiger partial charge is 0.396 e. The third kappa shape index (κ3) is 6.11. The molecule has 0 aromatic heterocycles. The molecule has 0 saturated carbocycles. The number of hydrogen-bond donors (Lipinski definition) is 1. The number of allylic oxidation sites excluding steroid dienone is 2. The van der Waals surface area contributed by atoms with E-state index in [1.54, 1.807) is 0 Å². The first-order valence-corrected chi connectivity index (χ1v) is 4.43. The zero-order chi connectivity index (χ0) is 8.69. The van der Waals surface area contributed by atoms with E-state index in [4.69, 9.17) is 5.11 Å². The lowest BCUT2D eigenvalue weighted by Gasteiger charge is -2.08. The minimum absolute atomic E-state index is 0.329. The Bertz CT molecular complexity index is 116. The molecule has 11 heavy (non-hydrogen) atoms. The van der Waals surface area contributed by atoms with E-state index in [0.29, 0.717) is 12.5 Å². The molecule has 1 heteroatoms. The molecule has 0 aliphatic rings. The van der Waals surface area contributed by atoms with Crippen LogP contribution in [0.4, 0.5) is 0 Å². The maximum atomic E-state index is 8.64. The summed E-state index contributed by atoms with van der Waals surface area (Å²) < 4.78 is 0. The van der Waals surface area contributed by atoms with Crippen LogP contribution in [0.5, 0.6) is 0 Å². The average molecular weight is 156 g/mol. The molecule has 0 aromatic rings. The fourth-order valence-electron chi connectivity index (χ4n) is 0.983. The van der Waals surface area contributed by atoms with Crippen molar-refractivity contribution in [1.82, 2.24) is 0 Å². The van der Waals surface area contributed by atoms with Crippen molar-refractivity contribution in [3.05, 3.63) is 11.6 Å². The highest BCUT2D eigenvalue weighted by molar-refractivity contribution is 4.95. The monoisotopic (exact) mass is 156 g/mol. The van der Waals surface area contributed by atoms with Crippen molar-refractivity contribution in [2.75, 3.05) is 6.61 Å². The van der Waals surface area contributed by atoms with Crippen molar-refractivity contribution >= 4 is 0 Å². The topological polar surface area (TPSA) is 20.2 Å². The Hall–Kier alpha value is -0.300. The van der Waals surface area contributed by atoms with Crippen LogP contribution in [0, 0.1) is 5.92 Å². The van der Waals surface area contributed by atoms with E-state index in [0.717, 1.165) is 6.42 Å². The third-order valence-electron chi connectivity index (χ3n) is 2.15. The first-order valence-electron chi connectivity index (χ1n) is 4.43. The third-order valence-corrected chi connectivity index (χ3v) is 2.15. The van der Waals surface area contributed by atoms with Gasteiger partial charge < -0.3 is 5.11 Å². The Kier molecular flexibility index (Phi) is 6.24. The van der Waals surface area contributed by atoms with Gasteiger partial charge in [-0.1, -0.05) is 18.6 Å². The van der Waals surface area contributed by atoms with Crippen molar-refractivity contribution < 1.29 is 5.11 Å². The van der Waals surface area contributed by atoms with Crippen molar-refractivity contribution in [1.29, 1.82) is 0 Å². The van der Waals surface area contributed by atoms with Gasteiger partial charge in [-0.2, -0.15) is 0 Å². The molecule has 1 N–H and O–H groups in total. The second-order valence-electron chi connectivity index (χ2n) is 3.29. The summed E-state index contributed by atoms with van der Waals surface area (Å²) in [7, 11) is 0. The predicted molar refractivity (Wildman–Crippen MR) is 49.5 cm³/mol. The highest BCUT2D eigenvalue weighted by atomic mass is 16.2. The van der Waals surface area contributed by atoms with E-state index in [1.807, 2.05) is 0 Å². The normalized spacial score (nSPS) is 15.1. The summed E-state index contributed by atoms with van der Waals surface area (Å²) in [4.78, 5) is 0. The van der Waals surface area contributed by atoms with Gasteiger partial charge in [-0.05, 0) is 39.0 Å². The summed E-state index contributed by atoms with van der Waals surface area (Å²) >= 11 is 0. The van der Waals surface area contributed by atoms with Gasteiger partial charge >= 0.3 is 0 Å². The summed E-state index contributed by atoms with van der Waals surface area (Å²) in [6.07, 6.45) is 5.48. The fourth-order valence-corrected chi connectivity index (χ4v) is 0.983. The molecular formula is C10H20O. The molecule has 0 saturated heterocycles. The van der Waals surface area contributed by atoms with E-state index < -0.39 is 0 Å². The van der Waals surface area contributed by atoms with Crippen LogP contribution in [-0.2, 0) is 0 Å². The van der Waals surface area contributed by atoms with Crippen LogP contribution < -0.4 is 0 Å². The van der Waals surface area contributed by atoms with Gasteiger partial charge in [0.15, 0.2) is 0 Å². The summed E-state index contributed by atoms with van der Waals surface area (Å²) in [6, 6.07) is 0. The first kappa shape index (κ1) is 10.7. The number of aliphatic hydroxyl groups excluding tert-OH is 1. The van der Waals surface area contributed by atoms with Gasteiger partial charge in [0.25, 0.3) is 0 Å². The molecule has 0 radical (unpaired) electrons.